The molecule has 0 saturated carbocycles. The Morgan fingerprint density at radius 2 is 2.05 bits per heavy atom. The maximum absolute atomic E-state index is 12.8. The van der Waals surface area contributed by atoms with Crippen molar-refractivity contribution in [3.63, 3.8) is 0 Å². The summed E-state index contributed by atoms with van der Waals surface area (Å²) in [5.74, 6) is -0.574. The highest BCUT2D eigenvalue weighted by Crippen LogP contribution is 2.32. The quantitative estimate of drug-likeness (QED) is 0.875. The number of amides is 1. The number of hydrogen-bond donors (Lipinski definition) is 2. The molecule has 2 N–H and O–H groups in total. The fourth-order valence-corrected chi connectivity index (χ4v) is 2.37. The van der Waals surface area contributed by atoms with E-state index in [1.807, 2.05) is 0 Å². The minimum Gasteiger partial charge on any atom is -0.385 e. The van der Waals surface area contributed by atoms with Crippen LogP contribution >= 0.6 is 11.3 Å². The summed E-state index contributed by atoms with van der Waals surface area (Å²) in [4.78, 5) is 12.2. The molecular formula is C14H13F3N2OS. The number of hydrogen-bond acceptors (Lipinski definition) is 3. The average Bonchev–Trinajstić information content (AvgIpc) is 2.91. The summed E-state index contributed by atoms with van der Waals surface area (Å²) in [6, 6.07) is 4.77. The molecule has 21 heavy (non-hydrogen) atoms. The molecular weight excluding hydrogens is 301 g/mol. The predicted octanol–water partition coefficient (Wildman–Crippen LogP) is 4.45. The number of thiophene rings is 1. The van der Waals surface area contributed by atoms with E-state index in [0.29, 0.717) is 17.9 Å². The van der Waals surface area contributed by atoms with Crippen molar-refractivity contribution >= 4 is 28.6 Å². The molecule has 0 unspecified atom stereocenters. The van der Waals surface area contributed by atoms with E-state index in [-0.39, 0.29) is 5.56 Å². The number of carbonyl (C=O) groups excluding carboxylic acids is 1. The first-order valence-electron chi connectivity index (χ1n) is 6.20. The van der Waals surface area contributed by atoms with Crippen molar-refractivity contribution in [1.82, 2.24) is 0 Å². The molecule has 7 heteroatoms. The van der Waals surface area contributed by atoms with E-state index in [1.165, 1.54) is 17.4 Å². The van der Waals surface area contributed by atoms with Gasteiger partial charge in [-0.1, -0.05) is 0 Å². The molecule has 1 heterocycles. The zero-order valence-electron chi connectivity index (χ0n) is 11.1. The first-order chi connectivity index (χ1) is 9.91. The van der Waals surface area contributed by atoms with Crippen molar-refractivity contribution in [2.45, 2.75) is 13.1 Å². The molecule has 0 bridgehead atoms. The molecule has 0 radical (unpaired) electrons. The van der Waals surface area contributed by atoms with E-state index in [2.05, 4.69) is 10.6 Å². The topological polar surface area (TPSA) is 41.1 Å². The third-order valence-corrected chi connectivity index (χ3v) is 3.42. The van der Waals surface area contributed by atoms with Crippen LogP contribution in [0.4, 0.5) is 24.5 Å². The summed E-state index contributed by atoms with van der Waals surface area (Å²) in [7, 11) is 0. The molecule has 0 fully saturated rings. The van der Waals surface area contributed by atoms with E-state index in [4.69, 9.17) is 0 Å². The molecule has 2 aromatic rings. The van der Waals surface area contributed by atoms with E-state index < -0.39 is 17.6 Å². The number of anilines is 2. The van der Waals surface area contributed by atoms with Gasteiger partial charge in [-0.25, -0.2) is 0 Å². The molecule has 0 aliphatic heterocycles. The third-order valence-electron chi connectivity index (χ3n) is 2.74. The Balaban J connectivity index is 2.35. The number of alkyl halides is 3. The fraction of sp³-hybridized carbons (Fsp3) is 0.214. The number of rotatable bonds is 4. The van der Waals surface area contributed by atoms with Crippen LogP contribution in [0, 0.1) is 0 Å². The van der Waals surface area contributed by atoms with Crippen LogP contribution in [0.15, 0.2) is 35.0 Å². The molecule has 112 valence electrons. The largest absolute Gasteiger partial charge is 0.416 e. The molecule has 0 spiro atoms. The lowest BCUT2D eigenvalue weighted by atomic mass is 10.1. The standard InChI is InChI=1S/C14H13F3N2OS/c1-2-18-12-4-3-9(14(15,16)17)7-11(12)13(20)19-10-5-6-21-8-10/h3-8,18H,2H2,1H3,(H,19,20). The van der Waals surface area contributed by atoms with Crippen LogP contribution in [0.3, 0.4) is 0 Å². The summed E-state index contributed by atoms with van der Waals surface area (Å²) in [5.41, 5.74) is 0.0561. The second-order valence-corrected chi connectivity index (χ2v) is 5.03. The second-order valence-electron chi connectivity index (χ2n) is 4.25. The lowest BCUT2D eigenvalue weighted by molar-refractivity contribution is -0.137. The maximum Gasteiger partial charge on any atom is 0.416 e. The fourth-order valence-electron chi connectivity index (χ4n) is 1.79. The molecule has 3 nitrogen and oxygen atoms in total. The van der Waals surface area contributed by atoms with Crippen molar-refractivity contribution in [2.24, 2.45) is 0 Å². The van der Waals surface area contributed by atoms with E-state index >= 15 is 0 Å². The SMILES string of the molecule is CCNc1ccc(C(F)(F)F)cc1C(=O)Nc1ccsc1. The van der Waals surface area contributed by atoms with Crippen LogP contribution in [-0.4, -0.2) is 12.5 Å². The molecule has 0 aliphatic carbocycles. The van der Waals surface area contributed by atoms with Crippen molar-refractivity contribution in [3.8, 4) is 0 Å². The molecule has 2 rings (SSSR count). The number of carbonyl (C=O) groups is 1. The van der Waals surface area contributed by atoms with Gasteiger partial charge in [0.2, 0.25) is 0 Å². The Kier molecular flexibility index (Phi) is 4.52. The van der Waals surface area contributed by atoms with Gasteiger partial charge >= 0.3 is 6.18 Å². The number of nitrogens with one attached hydrogen (secondary N) is 2. The van der Waals surface area contributed by atoms with Gasteiger partial charge in [0.15, 0.2) is 0 Å². The van der Waals surface area contributed by atoms with E-state index in [0.717, 1.165) is 12.1 Å². The highest BCUT2D eigenvalue weighted by atomic mass is 32.1. The van der Waals surface area contributed by atoms with Gasteiger partial charge in [-0.05, 0) is 36.6 Å². The van der Waals surface area contributed by atoms with Crippen LogP contribution in [0.2, 0.25) is 0 Å². The second kappa shape index (κ2) is 6.17. The summed E-state index contributed by atoms with van der Waals surface area (Å²) in [5, 5.41) is 8.95. The molecule has 1 amide bonds. The van der Waals surface area contributed by atoms with Crippen LogP contribution in [0.5, 0.6) is 0 Å². The third kappa shape index (κ3) is 3.75. The van der Waals surface area contributed by atoms with Crippen molar-refractivity contribution < 1.29 is 18.0 Å². The average molecular weight is 314 g/mol. The zero-order chi connectivity index (χ0) is 15.5. The first kappa shape index (κ1) is 15.4. The van der Waals surface area contributed by atoms with Gasteiger partial charge < -0.3 is 10.6 Å². The Bertz CT molecular complexity index is 624. The van der Waals surface area contributed by atoms with Crippen molar-refractivity contribution in [2.75, 3.05) is 17.2 Å². The first-order valence-corrected chi connectivity index (χ1v) is 7.14. The van der Waals surface area contributed by atoms with Gasteiger partial charge in [0.25, 0.3) is 5.91 Å². The Morgan fingerprint density at radius 3 is 2.62 bits per heavy atom. The molecule has 1 aromatic heterocycles. The highest BCUT2D eigenvalue weighted by molar-refractivity contribution is 7.08. The Morgan fingerprint density at radius 1 is 1.29 bits per heavy atom. The lowest BCUT2D eigenvalue weighted by Crippen LogP contribution is -2.16. The monoisotopic (exact) mass is 314 g/mol. The van der Waals surface area contributed by atoms with Crippen molar-refractivity contribution in [1.29, 1.82) is 0 Å². The number of halogens is 3. The Labute approximate surface area is 123 Å². The molecule has 0 saturated heterocycles. The van der Waals surface area contributed by atoms with Crippen LogP contribution < -0.4 is 10.6 Å². The molecule has 0 aliphatic rings. The smallest absolute Gasteiger partial charge is 0.385 e. The van der Waals surface area contributed by atoms with Gasteiger partial charge in [-0.2, -0.15) is 24.5 Å². The normalized spacial score (nSPS) is 11.2. The minimum absolute atomic E-state index is 0.0297. The van der Waals surface area contributed by atoms with Gasteiger partial charge in [0.1, 0.15) is 0 Å². The van der Waals surface area contributed by atoms with Crippen molar-refractivity contribution in [3.05, 3.63) is 46.2 Å². The lowest BCUT2D eigenvalue weighted by Gasteiger charge is -2.14. The summed E-state index contributed by atoms with van der Waals surface area (Å²) >= 11 is 1.39. The predicted molar refractivity (Wildman–Crippen MR) is 77.9 cm³/mol. The summed E-state index contributed by atoms with van der Waals surface area (Å²) in [6.07, 6.45) is -4.48. The van der Waals surface area contributed by atoms with E-state index in [1.54, 1.807) is 23.8 Å². The van der Waals surface area contributed by atoms with Gasteiger partial charge in [0.05, 0.1) is 16.8 Å². The number of benzene rings is 1. The van der Waals surface area contributed by atoms with Gasteiger partial charge in [0, 0.05) is 17.6 Å². The molecule has 0 atom stereocenters. The highest BCUT2D eigenvalue weighted by Gasteiger charge is 2.31. The Hall–Kier alpha value is -2.02. The minimum atomic E-state index is -4.48. The zero-order valence-corrected chi connectivity index (χ0v) is 11.9. The van der Waals surface area contributed by atoms with Crippen LogP contribution in [-0.2, 0) is 6.18 Å². The molecule has 1 aromatic carbocycles. The van der Waals surface area contributed by atoms with Crippen LogP contribution in [0.25, 0.3) is 0 Å². The van der Waals surface area contributed by atoms with Gasteiger partial charge in [-0.3, -0.25) is 4.79 Å². The summed E-state index contributed by atoms with van der Waals surface area (Å²) in [6.45, 7) is 2.31. The maximum atomic E-state index is 12.8. The van der Waals surface area contributed by atoms with Gasteiger partial charge in [-0.15, -0.1) is 0 Å². The van der Waals surface area contributed by atoms with E-state index in [9.17, 15) is 18.0 Å². The summed E-state index contributed by atoms with van der Waals surface area (Å²) < 4.78 is 38.3. The van der Waals surface area contributed by atoms with Crippen LogP contribution in [0.1, 0.15) is 22.8 Å².